The molecule has 0 radical (unpaired) electrons. The molecule has 0 aliphatic heterocycles. The van der Waals surface area contributed by atoms with Gasteiger partial charge in [-0.05, 0) is 30.7 Å². The molecule has 0 saturated heterocycles. The molecular formula is C12H10ClN3O3. The van der Waals surface area contributed by atoms with E-state index in [1.54, 1.807) is 24.3 Å². The van der Waals surface area contributed by atoms with Crippen molar-refractivity contribution in [3.63, 3.8) is 0 Å². The van der Waals surface area contributed by atoms with E-state index in [0.29, 0.717) is 11.3 Å². The van der Waals surface area contributed by atoms with E-state index >= 15 is 0 Å². The van der Waals surface area contributed by atoms with Gasteiger partial charge in [-0.25, -0.2) is 9.97 Å². The van der Waals surface area contributed by atoms with Gasteiger partial charge in [-0.2, -0.15) is 0 Å². The van der Waals surface area contributed by atoms with E-state index in [1.165, 1.54) is 14.0 Å². The molecule has 7 heteroatoms. The van der Waals surface area contributed by atoms with Crippen LogP contribution in [-0.4, -0.2) is 22.0 Å². The van der Waals surface area contributed by atoms with Crippen LogP contribution in [0.25, 0.3) is 11.3 Å². The molecule has 1 aromatic heterocycles. The number of aromatic nitrogens is 2. The van der Waals surface area contributed by atoms with Crippen LogP contribution in [0.15, 0.2) is 24.3 Å². The van der Waals surface area contributed by atoms with Crippen LogP contribution in [0.1, 0.15) is 5.69 Å². The Labute approximate surface area is 114 Å². The normalized spacial score (nSPS) is 10.3. The zero-order valence-corrected chi connectivity index (χ0v) is 11.0. The molecule has 0 saturated carbocycles. The van der Waals surface area contributed by atoms with Gasteiger partial charge in [0.15, 0.2) is 5.69 Å². The fourth-order valence-corrected chi connectivity index (χ4v) is 1.93. The maximum Gasteiger partial charge on any atom is 0.316 e. The molecule has 0 amide bonds. The van der Waals surface area contributed by atoms with Gasteiger partial charge in [0, 0.05) is 5.56 Å². The summed E-state index contributed by atoms with van der Waals surface area (Å²) in [7, 11) is 1.52. The summed E-state index contributed by atoms with van der Waals surface area (Å²) in [6.07, 6.45) is 0. The first-order valence-electron chi connectivity index (χ1n) is 5.36. The van der Waals surface area contributed by atoms with Crippen molar-refractivity contribution in [1.82, 2.24) is 9.97 Å². The monoisotopic (exact) mass is 279 g/mol. The lowest BCUT2D eigenvalue weighted by molar-refractivity contribution is -0.385. The minimum absolute atomic E-state index is 0.0269. The van der Waals surface area contributed by atoms with Crippen LogP contribution >= 0.6 is 11.6 Å². The molecule has 1 aromatic carbocycles. The second kappa shape index (κ2) is 5.19. The highest BCUT2D eigenvalue weighted by Crippen LogP contribution is 2.32. The summed E-state index contributed by atoms with van der Waals surface area (Å²) in [6.45, 7) is 1.52. The highest BCUT2D eigenvalue weighted by molar-refractivity contribution is 6.28. The van der Waals surface area contributed by atoms with Crippen molar-refractivity contribution < 1.29 is 9.66 Å². The summed E-state index contributed by atoms with van der Waals surface area (Å²) >= 11 is 5.77. The van der Waals surface area contributed by atoms with Gasteiger partial charge in [-0.15, -0.1) is 0 Å². The quantitative estimate of drug-likeness (QED) is 0.490. The summed E-state index contributed by atoms with van der Waals surface area (Å²) < 4.78 is 5.09. The molecule has 0 spiro atoms. The van der Waals surface area contributed by atoms with E-state index in [2.05, 4.69) is 9.97 Å². The van der Waals surface area contributed by atoms with E-state index < -0.39 is 4.92 Å². The Morgan fingerprint density at radius 2 is 2.11 bits per heavy atom. The first kappa shape index (κ1) is 13.2. The molecule has 0 N–H and O–H groups in total. The average Bonchev–Trinajstić information content (AvgIpc) is 2.37. The molecule has 0 atom stereocenters. The number of hydrogen-bond acceptors (Lipinski definition) is 5. The minimum atomic E-state index is -0.513. The van der Waals surface area contributed by atoms with Crippen LogP contribution in [0.4, 0.5) is 5.69 Å². The fraction of sp³-hybridized carbons (Fsp3) is 0.167. The van der Waals surface area contributed by atoms with E-state index in [1.807, 2.05) is 0 Å². The van der Waals surface area contributed by atoms with Gasteiger partial charge < -0.3 is 4.74 Å². The summed E-state index contributed by atoms with van der Waals surface area (Å²) in [4.78, 5) is 18.4. The van der Waals surface area contributed by atoms with E-state index in [0.717, 1.165) is 0 Å². The van der Waals surface area contributed by atoms with Gasteiger partial charge in [0.1, 0.15) is 11.4 Å². The molecule has 0 unspecified atom stereocenters. The third kappa shape index (κ3) is 2.63. The predicted molar refractivity (Wildman–Crippen MR) is 70.4 cm³/mol. The van der Waals surface area contributed by atoms with E-state index in [-0.39, 0.29) is 22.4 Å². The van der Waals surface area contributed by atoms with Gasteiger partial charge in [0.2, 0.25) is 5.28 Å². The Balaban J connectivity index is 2.69. The number of nitro groups is 1. The molecule has 0 aliphatic carbocycles. The van der Waals surface area contributed by atoms with Crippen molar-refractivity contribution in [2.75, 3.05) is 7.11 Å². The lowest BCUT2D eigenvalue weighted by Crippen LogP contribution is -2.01. The standard InChI is InChI=1S/C12H10ClN3O3/c1-7-11(16(17)18)10(15-12(13)14-7)8-4-3-5-9(6-8)19-2/h3-6H,1-2H3. The third-order valence-corrected chi connectivity index (χ3v) is 2.73. The van der Waals surface area contributed by atoms with Crippen LogP contribution in [0, 0.1) is 17.0 Å². The number of benzene rings is 1. The van der Waals surface area contributed by atoms with Crippen molar-refractivity contribution >= 4 is 17.3 Å². The second-order valence-corrected chi connectivity index (χ2v) is 4.10. The largest absolute Gasteiger partial charge is 0.497 e. The highest BCUT2D eigenvalue weighted by Gasteiger charge is 2.23. The van der Waals surface area contributed by atoms with Crippen LogP contribution in [-0.2, 0) is 0 Å². The lowest BCUT2D eigenvalue weighted by atomic mass is 10.1. The van der Waals surface area contributed by atoms with Crippen molar-refractivity contribution in [3.8, 4) is 17.0 Å². The molecule has 6 nitrogen and oxygen atoms in total. The molecule has 0 fully saturated rings. The Bertz CT molecular complexity index is 646. The molecule has 98 valence electrons. The molecule has 2 aromatic rings. The maximum atomic E-state index is 11.1. The SMILES string of the molecule is COc1cccc(-c2nc(Cl)nc(C)c2[N+](=O)[O-])c1. The number of ether oxygens (including phenoxy) is 1. The number of rotatable bonds is 3. The number of nitrogens with zero attached hydrogens (tertiary/aromatic N) is 3. The average molecular weight is 280 g/mol. The van der Waals surface area contributed by atoms with Crippen molar-refractivity contribution in [1.29, 1.82) is 0 Å². The van der Waals surface area contributed by atoms with Gasteiger partial charge in [0.25, 0.3) is 0 Å². The van der Waals surface area contributed by atoms with E-state index in [9.17, 15) is 10.1 Å². The van der Waals surface area contributed by atoms with Crippen molar-refractivity contribution in [2.24, 2.45) is 0 Å². The van der Waals surface area contributed by atoms with Crippen LogP contribution in [0.3, 0.4) is 0 Å². The number of methoxy groups -OCH3 is 1. The number of hydrogen-bond donors (Lipinski definition) is 0. The number of halogens is 1. The van der Waals surface area contributed by atoms with Crippen molar-refractivity contribution in [3.05, 3.63) is 45.4 Å². The zero-order chi connectivity index (χ0) is 14.0. The van der Waals surface area contributed by atoms with Gasteiger partial charge in [0.05, 0.1) is 12.0 Å². The van der Waals surface area contributed by atoms with Gasteiger partial charge in [-0.3, -0.25) is 10.1 Å². The summed E-state index contributed by atoms with van der Waals surface area (Å²) in [6, 6.07) is 6.83. The topological polar surface area (TPSA) is 78.2 Å². The van der Waals surface area contributed by atoms with Gasteiger partial charge in [-0.1, -0.05) is 12.1 Å². The van der Waals surface area contributed by atoms with Crippen LogP contribution in [0.5, 0.6) is 5.75 Å². The Kier molecular flexibility index (Phi) is 3.62. The second-order valence-electron chi connectivity index (χ2n) is 3.76. The van der Waals surface area contributed by atoms with Gasteiger partial charge >= 0.3 is 5.69 Å². The summed E-state index contributed by atoms with van der Waals surface area (Å²) in [5.41, 5.74) is 0.806. The lowest BCUT2D eigenvalue weighted by Gasteiger charge is -2.06. The molecular weight excluding hydrogens is 270 g/mol. The summed E-state index contributed by atoms with van der Waals surface area (Å²) in [5.74, 6) is 0.583. The Morgan fingerprint density at radius 1 is 1.37 bits per heavy atom. The minimum Gasteiger partial charge on any atom is -0.497 e. The molecule has 19 heavy (non-hydrogen) atoms. The van der Waals surface area contributed by atoms with Crippen LogP contribution < -0.4 is 4.74 Å². The summed E-state index contributed by atoms with van der Waals surface area (Å²) in [5, 5.41) is 11.1. The third-order valence-electron chi connectivity index (χ3n) is 2.56. The highest BCUT2D eigenvalue weighted by atomic mass is 35.5. The first-order valence-corrected chi connectivity index (χ1v) is 5.73. The number of aryl methyl sites for hydroxylation is 1. The Morgan fingerprint density at radius 3 is 2.74 bits per heavy atom. The predicted octanol–water partition coefficient (Wildman–Crippen LogP) is 3.02. The van der Waals surface area contributed by atoms with Crippen LogP contribution in [0.2, 0.25) is 5.28 Å². The fourth-order valence-electron chi connectivity index (χ4n) is 1.72. The van der Waals surface area contributed by atoms with Crippen molar-refractivity contribution in [2.45, 2.75) is 6.92 Å². The molecule has 2 rings (SSSR count). The van der Waals surface area contributed by atoms with E-state index in [4.69, 9.17) is 16.3 Å². The zero-order valence-electron chi connectivity index (χ0n) is 10.3. The molecule has 0 aliphatic rings. The molecule has 1 heterocycles. The smallest absolute Gasteiger partial charge is 0.316 e. The molecule has 0 bridgehead atoms. The Hall–Kier alpha value is -2.21. The maximum absolute atomic E-state index is 11.1. The first-order chi connectivity index (χ1) is 9.02.